The third kappa shape index (κ3) is 3.91. The van der Waals surface area contributed by atoms with Gasteiger partial charge < -0.3 is 5.73 Å². The van der Waals surface area contributed by atoms with Crippen LogP contribution >= 0.6 is 46.8 Å². The molecule has 0 aromatic heterocycles. The van der Waals surface area contributed by atoms with Gasteiger partial charge >= 0.3 is 6.03 Å². The number of urea groups is 1. The summed E-state index contributed by atoms with van der Waals surface area (Å²) < 4.78 is 0.851. The number of amides is 2. The molecule has 0 unspecified atom stereocenters. The first kappa shape index (κ1) is 15.9. The molecule has 1 aromatic rings. The van der Waals surface area contributed by atoms with Gasteiger partial charge in [0, 0.05) is 16.8 Å². The first-order valence-corrected chi connectivity index (χ1v) is 6.99. The highest BCUT2D eigenvalue weighted by molar-refractivity contribution is 7.96. The van der Waals surface area contributed by atoms with Crippen LogP contribution in [0.15, 0.2) is 17.2 Å². The smallest absolute Gasteiger partial charge is 0.345 e. The summed E-state index contributed by atoms with van der Waals surface area (Å²) in [6.45, 7) is 0. The molecular formula is C10H7Cl3N4OS. The molecule has 1 aromatic carbocycles. The average molecular weight is 338 g/mol. The molecule has 0 saturated heterocycles. The Bertz CT molecular complexity index is 585. The van der Waals surface area contributed by atoms with E-state index in [1.54, 1.807) is 6.26 Å². The number of nitrogens with zero attached hydrogens (tertiary/aromatic N) is 3. The standard InChI is InChI=1S/C10H7Cl3N4OS/c1-19-17(10(15)18)16-8(4-14)6-2-5(11)3-7(12)9(6)13/h2-3H,1H3,(H2,15,18)/b16-8-. The fraction of sp³-hybridized carbons (Fsp3) is 0.100. The van der Waals surface area contributed by atoms with Crippen molar-refractivity contribution in [2.75, 3.05) is 6.26 Å². The van der Waals surface area contributed by atoms with Crippen molar-refractivity contribution in [3.8, 4) is 6.07 Å². The van der Waals surface area contributed by atoms with Crippen molar-refractivity contribution >= 4 is 58.5 Å². The Hall–Kier alpha value is -1.13. The van der Waals surface area contributed by atoms with Crippen LogP contribution < -0.4 is 5.73 Å². The first-order chi connectivity index (χ1) is 8.90. The maximum atomic E-state index is 11.1. The second-order valence-corrected chi connectivity index (χ2v) is 5.04. The molecule has 0 saturated carbocycles. The van der Waals surface area contributed by atoms with Crippen LogP contribution in [-0.2, 0) is 0 Å². The molecule has 1 rings (SSSR count). The Labute approximate surface area is 129 Å². The van der Waals surface area contributed by atoms with Gasteiger partial charge in [-0.2, -0.15) is 9.68 Å². The molecule has 19 heavy (non-hydrogen) atoms. The van der Waals surface area contributed by atoms with E-state index < -0.39 is 6.03 Å². The van der Waals surface area contributed by atoms with Crippen molar-refractivity contribution in [1.29, 1.82) is 5.26 Å². The predicted molar refractivity (Wildman–Crippen MR) is 78.6 cm³/mol. The monoisotopic (exact) mass is 336 g/mol. The van der Waals surface area contributed by atoms with Gasteiger partial charge in [-0.3, -0.25) is 0 Å². The third-order valence-corrected chi connectivity index (χ3v) is 3.53. The molecule has 0 heterocycles. The minimum absolute atomic E-state index is 0.122. The van der Waals surface area contributed by atoms with E-state index in [0.29, 0.717) is 5.02 Å². The van der Waals surface area contributed by atoms with Crippen LogP contribution in [0.2, 0.25) is 15.1 Å². The second-order valence-electron chi connectivity index (χ2n) is 3.10. The van der Waals surface area contributed by atoms with Crippen LogP contribution in [0.3, 0.4) is 0 Å². The number of hydrogen-bond acceptors (Lipinski definition) is 4. The van der Waals surface area contributed by atoms with Crippen LogP contribution in [0.25, 0.3) is 0 Å². The molecule has 0 radical (unpaired) electrons. The SMILES string of the molecule is CSN(/N=C(/C#N)c1cc(Cl)cc(Cl)c1Cl)C(N)=O. The van der Waals surface area contributed by atoms with Crippen molar-refractivity contribution in [2.45, 2.75) is 0 Å². The van der Waals surface area contributed by atoms with Crippen molar-refractivity contribution in [3.05, 3.63) is 32.8 Å². The lowest BCUT2D eigenvalue weighted by Gasteiger charge is -2.11. The lowest BCUT2D eigenvalue weighted by atomic mass is 10.1. The number of carbonyl (C=O) groups excluding carboxylic acids is 1. The zero-order valence-corrected chi connectivity index (χ0v) is 12.6. The van der Waals surface area contributed by atoms with Crippen molar-refractivity contribution in [1.82, 2.24) is 4.41 Å². The van der Waals surface area contributed by atoms with Gasteiger partial charge in [-0.25, -0.2) is 4.79 Å². The molecule has 0 atom stereocenters. The Morgan fingerprint density at radius 1 is 1.47 bits per heavy atom. The first-order valence-electron chi connectivity index (χ1n) is 4.68. The lowest BCUT2D eigenvalue weighted by molar-refractivity contribution is 0.236. The Morgan fingerprint density at radius 3 is 2.58 bits per heavy atom. The quantitative estimate of drug-likeness (QED) is 0.396. The highest BCUT2D eigenvalue weighted by Gasteiger charge is 2.16. The highest BCUT2D eigenvalue weighted by atomic mass is 35.5. The molecule has 0 aliphatic rings. The van der Waals surface area contributed by atoms with Crippen molar-refractivity contribution in [2.24, 2.45) is 10.8 Å². The number of hydrazone groups is 1. The minimum atomic E-state index is -0.815. The van der Waals surface area contributed by atoms with E-state index in [-0.39, 0.29) is 21.3 Å². The Balaban J connectivity index is 3.36. The van der Waals surface area contributed by atoms with Gasteiger partial charge in [-0.05, 0) is 24.1 Å². The number of halogens is 3. The highest BCUT2D eigenvalue weighted by Crippen LogP contribution is 2.30. The second kappa shape index (κ2) is 6.87. The fourth-order valence-corrected chi connectivity index (χ4v) is 2.17. The normalized spacial score (nSPS) is 11.0. The van der Waals surface area contributed by atoms with Gasteiger partial charge in [0.2, 0.25) is 0 Å². The number of nitriles is 1. The maximum absolute atomic E-state index is 11.1. The van der Waals surface area contributed by atoms with E-state index in [4.69, 9.17) is 45.8 Å². The number of rotatable bonds is 3. The molecule has 0 fully saturated rings. The molecule has 2 amide bonds. The van der Waals surface area contributed by atoms with Crippen molar-refractivity contribution in [3.63, 3.8) is 0 Å². The molecule has 9 heteroatoms. The van der Waals surface area contributed by atoms with Crippen LogP contribution in [-0.4, -0.2) is 22.4 Å². The summed E-state index contributed by atoms with van der Waals surface area (Å²) in [7, 11) is 0. The van der Waals surface area contributed by atoms with Crippen LogP contribution in [0.1, 0.15) is 5.56 Å². The summed E-state index contributed by atoms with van der Waals surface area (Å²) in [4.78, 5) is 11.1. The fourth-order valence-electron chi connectivity index (χ4n) is 1.14. The summed E-state index contributed by atoms with van der Waals surface area (Å²) >= 11 is 18.6. The van der Waals surface area contributed by atoms with Gasteiger partial charge in [0.1, 0.15) is 6.07 Å². The Morgan fingerprint density at radius 2 is 2.11 bits per heavy atom. The molecule has 2 N–H and O–H groups in total. The summed E-state index contributed by atoms with van der Waals surface area (Å²) in [6.07, 6.45) is 1.58. The number of hydrogen-bond donors (Lipinski definition) is 1. The maximum Gasteiger partial charge on any atom is 0.345 e. The number of benzene rings is 1. The lowest BCUT2D eigenvalue weighted by Crippen LogP contribution is -2.26. The molecule has 100 valence electrons. The Kier molecular flexibility index (Phi) is 5.76. The number of carbonyl (C=O) groups is 1. The zero-order valence-electron chi connectivity index (χ0n) is 9.52. The van der Waals surface area contributed by atoms with Gasteiger partial charge in [0.25, 0.3) is 0 Å². The summed E-state index contributed by atoms with van der Waals surface area (Å²) in [5.41, 5.74) is 5.19. The van der Waals surface area contributed by atoms with Gasteiger partial charge in [-0.1, -0.05) is 34.8 Å². The summed E-state index contributed by atoms with van der Waals surface area (Å²) in [5, 5.41) is 13.5. The van der Waals surface area contributed by atoms with Crippen LogP contribution in [0, 0.1) is 11.3 Å². The molecule has 0 aliphatic carbocycles. The van der Waals surface area contributed by atoms with Gasteiger partial charge in [0.15, 0.2) is 5.71 Å². The largest absolute Gasteiger partial charge is 0.349 e. The molecule has 0 spiro atoms. The van der Waals surface area contributed by atoms with Crippen LogP contribution in [0.4, 0.5) is 4.79 Å². The number of primary amides is 1. The van der Waals surface area contributed by atoms with Crippen molar-refractivity contribution < 1.29 is 4.79 Å². The van der Waals surface area contributed by atoms with E-state index in [2.05, 4.69) is 5.10 Å². The van der Waals surface area contributed by atoms with Gasteiger partial charge in [0.05, 0.1) is 10.0 Å². The van der Waals surface area contributed by atoms with E-state index in [1.165, 1.54) is 12.1 Å². The third-order valence-electron chi connectivity index (χ3n) is 1.91. The molecule has 0 aliphatic heterocycles. The van der Waals surface area contributed by atoms with Crippen LogP contribution in [0.5, 0.6) is 0 Å². The average Bonchev–Trinajstić information content (AvgIpc) is 2.35. The predicted octanol–water partition coefficient (Wildman–Crippen LogP) is 3.53. The topological polar surface area (TPSA) is 82.5 Å². The van der Waals surface area contributed by atoms with Gasteiger partial charge in [-0.15, -0.1) is 5.10 Å². The summed E-state index contributed by atoms with van der Waals surface area (Å²) in [5.74, 6) is 0. The molecular weight excluding hydrogens is 331 g/mol. The zero-order chi connectivity index (χ0) is 14.6. The van der Waals surface area contributed by atoms with E-state index >= 15 is 0 Å². The molecule has 0 bridgehead atoms. The van der Waals surface area contributed by atoms with E-state index in [0.717, 1.165) is 16.4 Å². The number of nitrogens with two attached hydrogens (primary N) is 1. The van der Waals surface area contributed by atoms with E-state index in [9.17, 15) is 4.79 Å². The molecule has 5 nitrogen and oxygen atoms in total. The minimum Gasteiger partial charge on any atom is -0.349 e. The van der Waals surface area contributed by atoms with E-state index in [1.807, 2.05) is 6.07 Å². The summed E-state index contributed by atoms with van der Waals surface area (Å²) in [6, 6.07) is 3.87.